The fourth-order valence-electron chi connectivity index (χ4n) is 2.32. The number of hydrogen-bond acceptors (Lipinski definition) is 2. The highest BCUT2D eigenvalue weighted by atomic mass is 19.3. The van der Waals surface area contributed by atoms with Crippen LogP contribution in [-0.4, -0.2) is 22.2 Å². The van der Waals surface area contributed by atoms with Crippen molar-refractivity contribution in [3.63, 3.8) is 0 Å². The van der Waals surface area contributed by atoms with Crippen LogP contribution in [0.3, 0.4) is 0 Å². The molecule has 0 radical (unpaired) electrons. The van der Waals surface area contributed by atoms with Crippen LogP contribution < -0.4 is 0 Å². The molecule has 2 rings (SSSR count). The highest BCUT2D eigenvalue weighted by Gasteiger charge is 2.50. The van der Waals surface area contributed by atoms with Crippen molar-refractivity contribution < 1.29 is 63.7 Å². The Labute approximate surface area is 151 Å². The monoisotopic (exact) mass is 436 g/mol. The molecule has 4 nitrogen and oxygen atoms in total. The first-order chi connectivity index (χ1) is 13.2. The zero-order valence-electron chi connectivity index (χ0n) is 13.0. The molecule has 0 aromatic heterocycles. The third-order valence-electron chi connectivity index (χ3n) is 3.58. The van der Waals surface area contributed by atoms with Crippen molar-refractivity contribution in [2.24, 2.45) is 0 Å². The number of carboxylic acid groups (broad SMARTS) is 2. The SMILES string of the molecule is O=C(O)c1c(F)c(F)c(C(F)(F)c2c(F)c(F)c(C(=O)O)c(F)c2F)c(F)c1F. The van der Waals surface area contributed by atoms with Gasteiger partial charge in [-0.1, -0.05) is 0 Å². The highest BCUT2D eigenvalue weighted by molar-refractivity contribution is 5.89. The molecule has 0 unspecified atom stereocenters. The predicted molar refractivity (Wildman–Crippen MR) is 69.5 cm³/mol. The van der Waals surface area contributed by atoms with E-state index in [4.69, 9.17) is 10.2 Å². The Balaban J connectivity index is 3.00. The molecule has 0 fully saturated rings. The van der Waals surface area contributed by atoms with Gasteiger partial charge in [0.05, 0.1) is 0 Å². The van der Waals surface area contributed by atoms with Gasteiger partial charge in [-0.2, -0.15) is 8.78 Å². The van der Waals surface area contributed by atoms with Gasteiger partial charge in [0.15, 0.2) is 46.5 Å². The van der Waals surface area contributed by atoms with Gasteiger partial charge in [0.25, 0.3) is 0 Å². The van der Waals surface area contributed by atoms with Crippen LogP contribution in [0.4, 0.5) is 43.9 Å². The van der Waals surface area contributed by atoms with Crippen LogP contribution in [0.25, 0.3) is 0 Å². The minimum absolute atomic E-state index is 2.38. The molecule has 0 atom stereocenters. The summed E-state index contributed by atoms with van der Waals surface area (Å²) in [6, 6.07) is 0. The van der Waals surface area contributed by atoms with Crippen LogP contribution in [0.1, 0.15) is 31.8 Å². The normalized spacial score (nSPS) is 11.7. The maximum atomic E-state index is 14.4. The van der Waals surface area contributed by atoms with Gasteiger partial charge < -0.3 is 10.2 Å². The standard InChI is InChI=1S/C15H2F10O4/c16-5-1(13(26)27)6(17)10(21)3(9(5)20)15(24,25)4-11(22)7(18)2(14(28)29)8(19)12(4)23/h(H,26,27)(H,28,29). The van der Waals surface area contributed by atoms with E-state index in [-0.39, 0.29) is 0 Å². The van der Waals surface area contributed by atoms with Crippen LogP contribution >= 0.6 is 0 Å². The number of hydrogen-bond donors (Lipinski definition) is 2. The van der Waals surface area contributed by atoms with Crippen molar-refractivity contribution in [3.8, 4) is 0 Å². The molecule has 0 bridgehead atoms. The Morgan fingerprint density at radius 3 is 0.897 bits per heavy atom. The second kappa shape index (κ2) is 6.93. The van der Waals surface area contributed by atoms with E-state index in [0.717, 1.165) is 0 Å². The maximum Gasteiger partial charge on any atom is 0.341 e. The lowest BCUT2D eigenvalue weighted by molar-refractivity contribution is 0.0228. The molecule has 0 spiro atoms. The minimum atomic E-state index is -5.88. The number of carboxylic acids is 2. The van der Waals surface area contributed by atoms with Gasteiger partial charge >= 0.3 is 17.9 Å². The molecule has 0 aliphatic rings. The fraction of sp³-hybridized carbons (Fsp3) is 0.0667. The van der Waals surface area contributed by atoms with Crippen molar-refractivity contribution >= 4 is 11.9 Å². The number of benzene rings is 2. The molecule has 2 aromatic carbocycles. The zero-order chi connectivity index (χ0) is 22.6. The topological polar surface area (TPSA) is 74.6 Å². The minimum Gasteiger partial charge on any atom is -0.477 e. The van der Waals surface area contributed by atoms with Gasteiger partial charge in [0.2, 0.25) is 0 Å². The van der Waals surface area contributed by atoms with Crippen LogP contribution in [0.15, 0.2) is 0 Å². The lowest BCUT2D eigenvalue weighted by Gasteiger charge is -2.21. The molecule has 0 heterocycles. The van der Waals surface area contributed by atoms with Crippen molar-refractivity contribution in [3.05, 3.63) is 68.8 Å². The van der Waals surface area contributed by atoms with Gasteiger partial charge in [-0.05, 0) is 0 Å². The van der Waals surface area contributed by atoms with Gasteiger partial charge in [0.1, 0.15) is 22.3 Å². The van der Waals surface area contributed by atoms with Crippen LogP contribution in [0.5, 0.6) is 0 Å². The van der Waals surface area contributed by atoms with Gasteiger partial charge in [-0.15, -0.1) is 0 Å². The lowest BCUT2D eigenvalue weighted by atomic mass is 9.94. The van der Waals surface area contributed by atoms with Crippen LogP contribution in [-0.2, 0) is 5.92 Å². The van der Waals surface area contributed by atoms with Crippen molar-refractivity contribution in [2.75, 3.05) is 0 Å². The molecule has 14 heteroatoms. The molecule has 2 aromatic rings. The highest BCUT2D eigenvalue weighted by Crippen LogP contribution is 2.44. The molecule has 0 saturated heterocycles. The third-order valence-corrected chi connectivity index (χ3v) is 3.58. The van der Waals surface area contributed by atoms with E-state index in [1.165, 1.54) is 0 Å². The van der Waals surface area contributed by atoms with E-state index in [9.17, 15) is 53.5 Å². The Morgan fingerprint density at radius 2 is 0.724 bits per heavy atom. The summed E-state index contributed by atoms with van der Waals surface area (Å²) < 4.78 is 139. The Hall–Kier alpha value is -3.32. The predicted octanol–water partition coefficient (Wildman–Crippen LogP) is 4.34. The smallest absolute Gasteiger partial charge is 0.341 e. The molecule has 156 valence electrons. The summed E-state index contributed by atoms with van der Waals surface area (Å²) in [5.74, 6) is -35.3. The summed E-state index contributed by atoms with van der Waals surface area (Å²) >= 11 is 0. The van der Waals surface area contributed by atoms with Crippen molar-refractivity contribution in [1.29, 1.82) is 0 Å². The van der Waals surface area contributed by atoms with Gasteiger partial charge in [-0.3, -0.25) is 0 Å². The summed E-state index contributed by atoms with van der Waals surface area (Å²) in [7, 11) is 0. The second-order valence-corrected chi connectivity index (χ2v) is 5.20. The van der Waals surface area contributed by atoms with E-state index < -0.39 is 86.7 Å². The van der Waals surface area contributed by atoms with E-state index in [1.54, 1.807) is 0 Å². The molecular formula is C15H2F10O4. The van der Waals surface area contributed by atoms with E-state index in [1.807, 2.05) is 0 Å². The third kappa shape index (κ3) is 3.03. The van der Waals surface area contributed by atoms with Crippen LogP contribution in [0.2, 0.25) is 0 Å². The summed E-state index contributed by atoms with van der Waals surface area (Å²) in [6.45, 7) is 0. The average Bonchev–Trinajstić information content (AvgIpc) is 2.58. The average molecular weight is 436 g/mol. The summed E-state index contributed by atoms with van der Waals surface area (Å²) in [5, 5.41) is 16.9. The van der Waals surface area contributed by atoms with Gasteiger partial charge in [-0.25, -0.2) is 44.7 Å². The molecule has 0 aliphatic carbocycles. The fourth-order valence-corrected chi connectivity index (χ4v) is 2.32. The van der Waals surface area contributed by atoms with E-state index >= 15 is 0 Å². The molecule has 0 aliphatic heterocycles. The first-order valence-electron chi connectivity index (χ1n) is 6.75. The van der Waals surface area contributed by atoms with Crippen molar-refractivity contribution in [2.45, 2.75) is 5.92 Å². The van der Waals surface area contributed by atoms with Crippen LogP contribution in [0, 0.1) is 46.5 Å². The zero-order valence-corrected chi connectivity index (χ0v) is 13.0. The van der Waals surface area contributed by atoms with E-state index in [2.05, 4.69) is 0 Å². The summed E-state index contributed by atoms with van der Waals surface area (Å²) in [5.41, 5.74) is -11.0. The number of rotatable bonds is 4. The number of alkyl halides is 2. The number of carbonyl (C=O) groups is 2. The Morgan fingerprint density at radius 1 is 0.517 bits per heavy atom. The van der Waals surface area contributed by atoms with Crippen molar-refractivity contribution in [1.82, 2.24) is 0 Å². The maximum absolute atomic E-state index is 14.4. The largest absolute Gasteiger partial charge is 0.477 e. The van der Waals surface area contributed by atoms with E-state index in [0.29, 0.717) is 0 Å². The molecule has 2 N–H and O–H groups in total. The molecule has 0 saturated carbocycles. The molecular weight excluding hydrogens is 434 g/mol. The Bertz CT molecular complexity index is 938. The second-order valence-electron chi connectivity index (χ2n) is 5.20. The molecule has 0 amide bonds. The quantitative estimate of drug-likeness (QED) is 0.553. The summed E-state index contributed by atoms with van der Waals surface area (Å²) in [6.07, 6.45) is 0. The molecule has 29 heavy (non-hydrogen) atoms. The lowest BCUT2D eigenvalue weighted by Crippen LogP contribution is -2.28. The number of halogens is 10. The number of aromatic carboxylic acids is 2. The van der Waals surface area contributed by atoms with Gasteiger partial charge in [0, 0.05) is 0 Å². The summed E-state index contributed by atoms with van der Waals surface area (Å²) in [4.78, 5) is 21.2. The first-order valence-corrected chi connectivity index (χ1v) is 6.75. The first kappa shape index (κ1) is 22.0. The Kier molecular flexibility index (Phi) is 5.25.